The first-order valence-corrected chi connectivity index (χ1v) is 12.0. The SMILES string of the molecule is Cc1ccc(F)c(C(C)C(NS(=O)(=O)c2ccc(F)c3c2OCCC3O)c2n[nH]c(=O)o2)c1C. The van der Waals surface area contributed by atoms with E-state index >= 15 is 0 Å². The molecule has 0 fully saturated rings. The summed E-state index contributed by atoms with van der Waals surface area (Å²) in [7, 11) is -4.46. The predicted octanol–water partition coefficient (Wildman–Crippen LogP) is 2.90. The molecule has 4 rings (SSSR count). The Morgan fingerprint density at radius 3 is 2.59 bits per heavy atom. The highest BCUT2D eigenvalue weighted by molar-refractivity contribution is 7.89. The van der Waals surface area contributed by atoms with Crippen LogP contribution in [-0.2, 0) is 10.0 Å². The van der Waals surface area contributed by atoms with Crippen molar-refractivity contribution in [2.75, 3.05) is 6.61 Å². The molecule has 12 heteroatoms. The van der Waals surface area contributed by atoms with Crippen LogP contribution in [0.2, 0.25) is 0 Å². The number of rotatable bonds is 6. The lowest BCUT2D eigenvalue weighted by atomic mass is 9.88. The van der Waals surface area contributed by atoms with Crippen LogP contribution in [0.25, 0.3) is 0 Å². The van der Waals surface area contributed by atoms with Crippen LogP contribution in [0.5, 0.6) is 5.75 Å². The molecule has 0 saturated heterocycles. The summed E-state index contributed by atoms with van der Waals surface area (Å²) in [4.78, 5) is 11.2. The largest absolute Gasteiger partial charge is 0.492 e. The van der Waals surface area contributed by atoms with Gasteiger partial charge in [0.05, 0.1) is 18.3 Å². The molecule has 1 aliphatic rings. The van der Waals surface area contributed by atoms with Gasteiger partial charge < -0.3 is 14.3 Å². The maximum atomic E-state index is 14.8. The number of sulfonamides is 1. The van der Waals surface area contributed by atoms with Gasteiger partial charge in [-0.3, -0.25) is 0 Å². The zero-order valence-corrected chi connectivity index (χ0v) is 19.4. The van der Waals surface area contributed by atoms with Crippen molar-refractivity contribution < 1.29 is 31.5 Å². The van der Waals surface area contributed by atoms with Crippen molar-refractivity contribution in [3.63, 3.8) is 0 Å². The number of benzene rings is 2. The van der Waals surface area contributed by atoms with E-state index in [1.54, 1.807) is 26.8 Å². The monoisotopic (exact) mass is 495 g/mol. The number of halogens is 2. The number of aryl methyl sites for hydroxylation is 1. The summed E-state index contributed by atoms with van der Waals surface area (Å²) in [6.07, 6.45) is -1.13. The maximum Gasteiger partial charge on any atom is 0.434 e. The van der Waals surface area contributed by atoms with Gasteiger partial charge in [-0.05, 0) is 48.7 Å². The Bertz CT molecular complexity index is 1400. The van der Waals surface area contributed by atoms with Crippen molar-refractivity contribution in [3.8, 4) is 5.75 Å². The second kappa shape index (κ2) is 8.93. The van der Waals surface area contributed by atoms with Crippen molar-refractivity contribution in [1.29, 1.82) is 0 Å². The molecule has 2 heterocycles. The summed E-state index contributed by atoms with van der Waals surface area (Å²) in [6.45, 7) is 5.03. The van der Waals surface area contributed by atoms with Gasteiger partial charge in [0.2, 0.25) is 15.9 Å². The zero-order valence-electron chi connectivity index (χ0n) is 18.6. The van der Waals surface area contributed by atoms with E-state index in [0.29, 0.717) is 5.56 Å². The van der Waals surface area contributed by atoms with Crippen molar-refractivity contribution >= 4 is 10.0 Å². The molecule has 182 valence electrons. The van der Waals surface area contributed by atoms with Gasteiger partial charge in [-0.25, -0.2) is 27.1 Å². The normalized spacial score (nSPS) is 17.6. The number of fused-ring (bicyclic) bond motifs is 1. The van der Waals surface area contributed by atoms with E-state index in [9.17, 15) is 27.1 Å². The average molecular weight is 496 g/mol. The van der Waals surface area contributed by atoms with E-state index in [1.807, 2.05) is 0 Å². The Morgan fingerprint density at radius 2 is 1.91 bits per heavy atom. The van der Waals surface area contributed by atoms with Gasteiger partial charge in [-0.2, -0.15) is 4.72 Å². The van der Waals surface area contributed by atoms with E-state index in [1.165, 1.54) is 6.07 Å². The molecule has 1 aliphatic heterocycles. The van der Waals surface area contributed by atoms with Gasteiger partial charge >= 0.3 is 5.76 Å². The summed E-state index contributed by atoms with van der Waals surface area (Å²) in [5, 5.41) is 16.0. The summed E-state index contributed by atoms with van der Waals surface area (Å²) >= 11 is 0. The van der Waals surface area contributed by atoms with Crippen LogP contribution in [0, 0.1) is 25.5 Å². The van der Waals surface area contributed by atoms with E-state index in [4.69, 9.17) is 9.15 Å². The molecule has 0 saturated carbocycles. The second-order valence-electron chi connectivity index (χ2n) is 8.18. The third kappa shape index (κ3) is 4.24. The molecule has 34 heavy (non-hydrogen) atoms. The van der Waals surface area contributed by atoms with Gasteiger partial charge in [0, 0.05) is 12.3 Å². The van der Waals surface area contributed by atoms with Gasteiger partial charge in [0.15, 0.2) is 0 Å². The maximum absolute atomic E-state index is 14.8. The fraction of sp³-hybridized carbons (Fsp3) is 0.364. The summed E-state index contributed by atoms with van der Waals surface area (Å²) in [5.41, 5.74) is 1.33. The molecule has 3 atom stereocenters. The Hall–Kier alpha value is -3.09. The molecule has 0 bridgehead atoms. The first-order chi connectivity index (χ1) is 16.0. The van der Waals surface area contributed by atoms with Gasteiger partial charge in [0.25, 0.3) is 0 Å². The fourth-order valence-electron chi connectivity index (χ4n) is 4.14. The number of aliphatic hydroxyl groups excluding tert-OH is 1. The molecule has 3 aromatic rings. The summed E-state index contributed by atoms with van der Waals surface area (Å²) < 4.78 is 68.9. The zero-order chi connectivity index (χ0) is 24.8. The van der Waals surface area contributed by atoms with Crippen LogP contribution in [0.15, 0.2) is 38.4 Å². The van der Waals surface area contributed by atoms with Crippen LogP contribution < -0.4 is 15.2 Å². The molecule has 0 radical (unpaired) electrons. The standard InChI is InChI=1S/C22H23F2N3O6S/c1-10-4-5-13(23)17(11(10)2)12(3)19(21-25-26-22(29)33-21)27-34(30,31)16-7-6-14(24)18-15(28)8-9-32-20(16)18/h4-7,12,15,19,27-28H,8-9H2,1-3H3,(H,26,29). The Labute approximate surface area is 193 Å². The number of aromatic amines is 1. The fourth-order valence-corrected chi connectivity index (χ4v) is 5.57. The molecule has 9 nitrogen and oxygen atoms in total. The second-order valence-corrected chi connectivity index (χ2v) is 9.87. The molecule has 1 aromatic heterocycles. The number of ether oxygens (including phenoxy) is 1. The quantitative estimate of drug-likeness (QED) is 0.479. The van der Waals surface area contributed by atoms with Gasteiger partial charge in [-0.15, -0.1) is 5.10 Å². The van der Waals surface area contributed by atoms with Crippen LogP contribution in [-0.4, -0.2) is 30.3 Å². The van der Waals surface area contributed by atoms with Crippen LogP contribution in [0.1, 0.15) is 59.6 Å². The number of hydrogen-bond donors (Lipinski definition) is 3. The van der Waals surface area contributed by atoms with E-state index in [2.05, 4.69) is 14.9 Å². The van der Waals surface area contributed by atoms with E-state index in [0.717, 1.165) is 17.7 Å². The van der Waals surface area contributed by atoms with Crippen LogP contribution in [0.3, 0.4) is 0 Å². The highest BCUT2D eigenvalue weighted by atomic mass is 32.2. The smallest absolute Gasteiger partial charge is 0.434 e. The van der Waals surface area contributed by atoms with Gasteiger partial charge in [0.1, 0.15) is 28.3 Å². The number of aliphatic hydroxyl groups is 1. The third-order valence-corrected chi connectivity index (χ3v) is 7.52. The molecule has 0 aliphatic carbocycles. The molecule has 3 unspecified atom stereocenters. The first-order valence-electron chi connectivity index (χ1n) is 10.5. The Kier molecular flexibility index (Phi) is 6.32. The van der Waals surface area contributed by atoms with Crippen molar-refractivity contribution in [3.05, 3.63) is 74.6 Å². The minimum Gasteiger partial charge on any atom is -0.492 e. The first kappa shape index (κ1) is 24.0. The lowest BCUT2D eigenvalue weighted by Gasteiger charge is -2.27. The Morgan fingerprint density at radius 1 is 1.21 bits per heavy atom. The molecular formula is C22H23F2N3O6S. The number of hydrogen-bond acceptors (Lipinski definition) is 7. The third-order valence-electron chi connectivity index (χ3n) is 6.06. The lowest BCUT2D eigenvalue weighted by Crippen LogP contribution is -2.33. The lowest BCUT2D eigenvalue weighted by molar-refractivity contribution is 0.108. The molecule has 0 spiro atoms. The molecule has 3 N–H and O–H groups in total. The number of nitrogens with one attached hydrogen (secondary N) is 2. The highest BCUT2D eigenvalue weighted by Crippen LogP contribution is 2.40. The summed E-state index contributed by atoms with van der Waals surface area (Å²) in [5.74, 6) is -3.77. The summed E-state index contributed by atoms with van der Waals surface area (Å²) in [6, 6.07) is 3.49. The Balaban J connectivity index is 1.82. The number of H-pyrrole nitrogens is 1. The number of nitrogens with zero attached hydrogens (tertiary/aromatic N) is 1. The minimum atomic E-state index is -4.46. The van der Waals surface area contributed by atoms with Crippen molar-refractivity contribution in [2.24, 2.45) is 0 Å². The highest BCUT2D eigenvalue weighted by Gasteiger charge is 2.36. The predicted molar refractivity (Wildman–Crippen MR) is 116 cm³/mol. The van der Waals surface area contributed by atoms with Crippen LogP contribution >= 0.6 is 0 Å². The molecule has 0 amide bonds. The van der Waals surface area contributed by atoms with Crippen LogP contribution in [0.4, 0.5) is 8.78 Å². The van der Waals surface area contributed by atoms with Gasteiger partial charge in [-0.1, -0.05) is 13.0 Å². The number of aromatic nitrogens is 2. The van der Waals surface area contributed by atoms with Crippen molar-refractivity contribution in [2.45, 2.75) is 50.2 Å². The van der Waals surface area contributed by atoms with E-state index < -0.39 is 50.4 Å². The molecular weight excluding hydrogens is 472 g/mol. The minimum absolute atomic E-state index is 0.0120. The van der Waals surface area contributed by atoms with Crippen molar-refractivity contribution in [1.82, 2.24) is 14.9 Å². The molecule has 2 aromatic carbocycles. The van der Waals surface area contributed by atoms with E-state index in [-0.39, 0.29) is 35.8 Å². The average Bonchev–Trinajstić information content (AvgIpc) is 3.21. The topological polar surface area (TPSA) is 135 Å².